The van der Waals surface area contributed by atoms with Gasteiger partial charge in [-0.25, -0.2) is 4.52 Å². The van der Waals surface area contributed by atoms with Crippen molar-refractivity contribution in [3.8, 4) is 0 Å². The third kappa shape index (κ3) is 4.76. The van der Waals surface area contributed by atoms with E-state index in [0.717, 1.165) is 29.6 Å². The maximum absolute atomic E-state index is 13.5. The second kappa shape index (κ2) is 10.7. The lowest BCUT2D eigenvalue weighted by atomic mass is 9.93. The van der Waals surface area contributed by atoms with Crippen LogP contribution in [0.3, 0.4) is 0 Å². The fourth-order valence-electron chi connectivity index (χ4n) is 5.62. The van der Waals surface area contributed by atoms with Crippen molar-refractivity contribution in [1.82, 2.24) is 24.4 Å². The molecule has 0 radical (unpaired) electrons. The number of carbonyl (C=O) groups is 1. The van der Waals surface area contributed by atoms with Crippen molar-refractivity contribution in [3.63, 3.8) is 0 Å². The highest BCUT2D eigenvalue weighted by atomic mass is 16.2. The molecule has 0 saturated heterocycles. The van der Waals surface area contributed by atoms with Gasteiger partial charge in [0.05, 0.1) is 5.52 Å². The zero-order chi connectivity index (χ0) is 24.2. The van der Waals surface area contributed by atoms with E-state index in [1.54, 1.807) is 0 Å². The standard InChI is InChI=1S/C27H39N5O2/c1-5-19(3)30(21-12-8-7-9-13-21)17-16-28-27(34)23(6-2)32-24-15-11-10-14-22(24)26-29-25(33)18-20(4)31(26)32/h10-11,14-15,18-19,21,23H,5-9,12-13,16-17H2,1-4H3,(H,28,34). The van der Waals surface area contributed by atoms with Gasteiger partial charge < -0.3 is 5.32 Å². The molecule has 2 aromatic heterocycles. The molecule has 1 amide bonds. The van der Waals surface area contributed by atoms with Gasteiger partial charge in [0, 0.05) is 42.3 Å². The average molecular weight is 466 g/mol. The van der Waals surface area contributed by atoms with Gasteiger partial charge in [-0.2, -0.15) is 4.98 Å². The van der Waals surface area contributed by atoms with Crippen molar-refractivity contribution in [2.24, 2.45) is 0 Å². The second-order valence-electron chi connectivity index (χ2n) is 9.73. The summed E-state index contributed by atoms with van der Waals surface area (Å²) in [6, 6.07) is 10.2. The Labute approximate surface area is 202 Å². The number of aryl methyl sites for hydroxylation is 1. The second-order valence-corrected chi connectivity index (χ2v) is 9.73. The summed E-state index contributed by atoms with van der Waals surface area (Å²) < 4.78 is 3.93. The predicted molar refractivity (Wildman–Crippen MR) is 137 cm³/mol. The van der Waals surface area contributed by atoms with Crippen LogP contribution < -0.4 is 10.9 Å². The summed E-state index contributed by atoms with van der Waals surface area (Å²) in [7, 11) is 0. The third-order valence-electron chi connectivity index (χ3n) is 7.54. The maximum atomic E-state index is 13.5. The number of carbonyl (C=O) groups excluding carboxylic acids is 1. The quantitative estimate of drug-likeness (QED) is 0.507. The van der Waals surface area contributed by atoms with Crippen LogP contribution in [0.4, 0.5) is 0 Å². The van der Waals surface area contributed by atoms with E-state index in [4.69, 9.17) is 0 Å². The molecule has 1 N–H and O–H groups in total. The van der Waals surface area contributed by atoms with Crippen molar-refractivity contribution < 1.29 is 4.79 Å². The van der Waals surface area contributed by atoms with E-state index in [-0.39, 0.29) is 11.5 Å². The highest BCUT2D eigenvalue weighted by molar-refractivity contribution is 5.94. The summed E-state index contributed by atoms with van der Waals surface area (Å²) in [5.41, 5.74) is 2.03. The Balaban J connectivity index is 1.58. The Morgan fingerprint density at radius 3 is 2.62 bits per heavy atom. The molecule has 2 atom stereocenters. The van der Waals surface area contributed by atoms with Crippen LogP contribution in [0.15, 0.2) is 35.1 Å². The van der Waals surface area contributed by atoms with Gasteiger partial charge in [-0.1, -0.05) is 45.2 Å². The highest BCUT2D eigenvalue weighted by Crippen LogP contribution is 2.27. The van der Waals surface area contributed by atoms with Gasteiger partial charge in [-0.3, -0.25) is 19.2 Å². The van der Waals surface area contributed by atoms with Crippen LogP contribution in [0, 0.1) is 6.92 Å². The fourth-order valence-corrected chi connectivity index (χ4v) is 5.62. The SMILES string of the molecule is CCC(C)N(CCNC(=O)C(CC)n1c2ccccc2c2nc(=O)cc(C)n21)C1CCCCC1. The maximum Gasteiger partial charge on any atom is 0.273 e. The zero-order valence-electron chi connectivity index (χ0n) is 21.1. The van der Waals surface area contributed by atoms with Crippen LogP contribution in [-0.2, 0) is 4.79 Å². The first-order chi connectivity index (χ1) is 16.5. The van der Waals surface area contributed by atoms with Crippen LogP contribution in [0.2, 0.25) is 0 Å². The van der Waals surface area contributed by atoms with Crippen molar-refractivity contribution in [1.29, 1.82) is 0 Å². The highest BCUT2D eigenvalue weighted by Gasteiger charge is 2.27. The van der Waals surface area contributed by atoms with Gasteiger partial charge in [-0.05, 0) is 51.7 Å². The molecular formula is C27H39N5O2. The average Bonchev–Trinajstić information content (AvgIpc) is 3.17. The summed E-state index contributed by atoms with van der Waals surface area (Å²) in [5, 5.41) is 4.12. The first-order valence-corrected chi connectivity index (χ1v) is 13.0. The van der Waals surface area contributed by atoms with E-state index < -0.39 is 6.04 Å². The first-order valence-electron chi connectivity index (χ1n) is 13.0. The number of para-hydroxylation sites is 1. The molecule has 7 heteroatoms. The molecular weight excluding hydrogens is 426 g/mol. The molecule has 3 aromatic rings. The normalized spacial score (nSPS) is 16.9. The summed E-state index contributed by atoms with van der Waals surface area (Å²) in [5.74, 6) is 0.0102. The summed E-state index contributed by atoms with van der Waals surface area (Å²) in [6.07, 6.45) is 8.26. The fraction of sp³-hybridized carbons (Fsp3) is 0.593. The van der Waals surface area contributed by atoms with E-state index in [2.05, 4.69) is 29.0 Å². The molecule has 0 bridgehead atoms. The summed E-state index contributed by atoms with van der Waals surface area (Å²) >= 11 is 0. The van der Waals surface area contributed by atoms with Crippen LogP contribution in [-0.4, -0.2) is 50.2 Å². The lowest BCUT2D eigenvalue weighted by Gasteiger charge is -2.38. The van der Waals surface area contributed by atoms with Gasteiger partial charge in [0.25, 0.3) is 5.56 Å². The van der Waals surface area contributed by atoms with Crippen LogP contribution in [0.5, 0.6) is 0 Å². The molecule has 1 aliphatic carbocycles. The number of hydrogen-bond donors (Lipinski definition) is 1. The van der Waals surface area contributed by atoms with Crippen molar-refractivity contribution in [2.45, 2.75) is 90.8 Å². The summed E-state index contributed by atoms with van der Waals surface area (Å²) in [4.78, 5) is 32.5. The Morgan fingerprint density at radius 1 is 1.18 bits per heavy atom. The molecule has 2 heterocycles. The summed E-state index contributed by atoms with van der Waals surface area (Å²) in [6.45, 7) is 9.99. The number of nitrogens with zero attached hydrogens (tertiary/aromatic N) is 4. The molecule has 0 aliphatic heterocycles. The number of fused-ring (bicyclic) bond motifs is 3. The first kappa shape index (κ1) is 24.5. The van der Waals surface area contributed by atoms with Crippen molar-refractivity contribution in [2.75, 3.05) is 13.1 Å². The van der Waals surface area contributed by atoms with Gasteiger partial charge in [-0.15, -0.1) is 0 Å². The molecule has 2 unspecified atom stereocenters. The van der Waals surface area contributed by atoms with Crippen LogP contribution >= 0.6 is 0 Å². The van der Waals surface area contributed by atoms with Gasteiger partial charge >= 0.3 is 0 Å². The van der Waals surface area contributed by atoms with E-state index in [0.29, 0.717) is 30.7 Å². The van der Waals surface area contributed by atoms with E-state index in [9.17, 15) is 9.59 Å². The molecule has 0 spiro atoms. The molecule has 4 rings (SSSR count). The Morgan fingerprint density at radius 2 is 1.91 bits per heavy atom. The Hall–Kier alpha value is -2.67. The molecule has 1 aliphatic rings. The Bertz CT molecular complexity index is 1190. The minimum Gasteiger partial charge on any atom is -0.353 e. The number of nitrogens with one attached hydrogen (secondary N) is 1. The van der Waals surface area contributed by atoms with E-state index >= 15 is 0 Å². The molecule has 1 saturated carbocycles. The molecule has 184 valence electrons. The van der Waals surface area contributed by atoms with Gasteiger partial charge in [0.2, 0.25) is 5.91 Å². The largest absolute Gasteiger partial charge is 0.353 e. The predicted octanol–water partition coefficient (Wildman–Crippen LogP) is 4.46. The monoisotopic (exact) mass is 465 g/mol. The Kier molecular flexibility index (Phi) is 7.71. The smallest absolute Gasteiger partial charge is 0.273 e. The molecule has 7 nitrogen and oxygen atoms in total. The number of hydrogen-bond acceptors (Lipinski definition) is 4. The van der Waals surface area contributed by atoms with Crippen molar-refractivity contribution in [3.05, 3.63) is 46.4 Å². The van der Waals surface area contributed by atoms with Crippen LogP contribution in [0.25, 0.3) is 16.6 Å². The van der Waals surface area contributed by atoms with Crippen LogP contribution in [0.1, 0.15) is 77.5 Å². The zero-order valence-corrected chi connectivity index (χ0v) is 21.1. The van der Waals surface area contributed by atoms with E-state index in [1.165, 1.54) is 38.2 Å². The minimum absolute atomic E-state index is 0.0102. The van der Waals surface area contributed by atoms with Crippen molar-refractivity contribution >= 4 is 22.5 Å². The number of rotatable bonds is 9. The molecule has 1 aromatic carbocycles. The van der Waals surface area contributed by atoms with E-state index in [1.807, 2.05) is 47.3 Å². The minimum atomic E-state index is -0.392. The lowest BCUT2D eigenvalue weighted by Crippen LogP contribution is -2.47. The third-order valence-corrected chi connectivity index (χ3v) is 7.54. The molecule has 34 heavy (non-hydrogen) atoms. The topological polar surface area (TPSA) is 71.6 Å². The van der Waals surface area contributed by atoms with Gasteiger partial charge in [0.15, 0.2) is 5.65 Å². The lowest BCUT2D eigenvalue weighted by molar-refractivity contribution is -0.124. The number of benzene rings is 1. The number of amides is 1. The van der Waals surface area contributed by atoms with Gasteiger partial charge in [0.1, 0.15) is 6.04 Å². The molecule has 1 fully saturated rings. The number of aromatic nitrogens is 3.